The van der Waals surface area contributed by atoms with Crippen LogP contribution in [-0.4, -0.2) is 52.0 Å². The number of hydrogen-bond acceptors (Lipinski definition) is 4. The summed E-state index contributed by atoms with van der Waals surface area (Å²) in [6.07, 6.45) is -7.18. The number of carbonyl (C=O) groups excluding carboxylic acids is 3. The minimum absolute atomic E-state index is 0.0725. The normalized spacial score (nSPS) is 20.8. The van der Waals surface area contributed by atoms with Gasteiger partial charge in [0.15, 0.2) is 11.6 Å². The zero-order valence-electron chi connectivity index (χ0n) is 23.6. The number of benzene rings is 3. The highest BCUT2D eigenvalue weighted by Crippen LogP contribution is 2.39. The quantitative estimate of drug-likeness (QED) is 0.182. The van der Waals surface area contributed by atoms with Crippen molar-refractivity contribution in [2.75, 3.05) is 6.54 Å². The molecule has 3 atom stereocenters. The summed E-state index contributed by atoms with van der Waals surface area (Å²) in [6, 6.07) is 11.4. The molecule has 4 aromatic rings. The fourth-order valence-corrected chi connectivity index (χ4v) is 6.17. The van der Waals surface area contributed by atoms with Gasteiger partial charge in [0.2, 0.25) is 5.91 Å². The van der Waals surface area contributed by atoms with Gasteiger partial charge in [-0.15, -0.1) is 0 Å². The van der Waals surface area contributed by atoms with E-state index in [2.05, 4.69) is 10.3 Å². The van der Waals surface area contributed by atoms with E-state index in [1.807, 2.05) is 18.2 Å². The van der Waals surface area contributed by atoms with E-state index in [0.717, 1.165) is 52.2 Å². The first-order valence-electron chi connectivity index (χ1n) is 14.4. The highest BCUT2D eigenvalue weighted by atomic mass is 19.4. The van der Waals surface area contributed by atoms with Crippen LogP contribution in [0.3, 0.4) is 0 Å². The molecule has 1 amide bonds. The lowest BCUT2D eigenvalue weighted by molar-refractivity contribution is -0.138. The fraction of sp³-hybridized carbons (Fsp3) is 0.303. The average Bonchev–Trinajstić information content (AvgIpc) is 3.80. The topological polar surface area (TPSA) is 82.3 Å². The van der Waals surface area contributed by atoms with Gasteiger partial charge in [-0.2, -0.15) is 26.3 Å². The van der Waals surface area contributed by atoms with Gasteiger partial charge in [-0.05, 0) is 43.0 Å². The third-order valence-electron chi connectivity index (χ3n) is 8.45. The molecular formula is C33H27F6N3O3. The van der Waals surface area contributed by atoms with Gasteiger partial charge in [-0.3, -0.25) is 14.4 Å². The summed E-state index contributed by atoms with van der Waals surface area (Å²) >= 11 is 0. The number of carbonyl (C=O) groups is 3. The number of fused-ring (bicyclic) bond motifs is 1. The number of aromatic amines is 1. The van der Waals surface area contributed by atoms with Crippen molar-refractivity contribution in [1.82, 2.24) is 15.2 Å². The second kappa shape index (κ2) is 11.5. The third kappa shape index (κ3) is 5.86. The zero-order chi connectivity index (χ0) is 32.1. The molecule has 3 aromatic carbocycles. The number of amides is 1. The van der Waals surface area contributed by atoms with Crippen molar-refractivity contribution in [2.45, 2.75) is 49.7 Å². The number of H-pyrrole nitrogens is 1. The largest absolute Gasteiger partial charge is 0.417 e. The van der Waals surface area contributed by atoms with Gasteiger partial charge in [0, 0.05) is 46.7 Å². The van der Waals surface area contributed by atoms with Gasteiger partial charge in [-0.1, -0.05) is 54.6 Å². The van der Waals surface area contributed by atoms with Crippen molar-refractivity contribution in [1.29, 1.82) is 0 Å². The number of hydrogen-bond donors (Lipinski definition) is 2. The Hall–Kier alpha value is -4.45. The molecule has 234 valence electrons. The molecule has 1 saturated carbocycles. The molecule has 12 heteroatoms. The van der Waals surface area contributed by atoms with Crippen LogP contribution in [0.2, 0.25) is 0 Å². The number of Topliss-reactive ketones (excluding diaryl/α,β-unsaturated/α-hetero) is 2. The minimum atomic E-state index is -4.91. The van der Waals surface area contributed by atoms with E-state index >= 15 is 0 Å². The molecule has 2 aliphatic rings. The number of halogens is 6. The second-order valence-corrected chi connectivity index (χ2v) is 11.4. The van der Waals surface area contributed by atoms with Crippen molar-refractivity contribution in [2.24, 2.45) is 5.92 Å². The van der Waals surface area contributed by atoms with E-state index in [1.165, 1.54) is 12.1 Å². The van der Waals surface area contributed by atoms with Crippen LogP contribution in [0.1, 0.15) is 50.2 Å². The number of para-hydroxylation sites is 1. The molecule has 6 nitrogen and oxygen atoms in total. The second-order valence-electron chi connectivity index (χ2n) is 11.4. The Morgan fingerprint density at radius 2 is 1.31 bits per heavy atom. The maximum atomic E-state index is 14.3. The van der Waals surface area contributed by atoms with E-state index in [4.69, 9.17) is 0 Å². The lowest BCUT2D eigenvalue weighted by Gasteiger charge is -2.46. The van der Waals surface area contributed by atoms with Gasteiger partial charge in [0.05, 0.1) is 11.1 Å². The smallest absolute Gasteiger partial charge is 0.361 e. The van der Waals surface area contributed by atoms with Gasteiger partial charge < -0.3 is 15.2 Å². The highest BCUT2D eigenvalue weighted by molar-refractivity contribution is 6.08. The van der Waals surface area contributed by atoms with Crippen LogP contribution in [0.5, 0.6) is 0 Å². The van der Waals surface area contributed by atoms with E-state index in [9.17, 15) is 40.7 Å². The van der Waals surface area contributed by atoms with Crippen LogP contribution in [0.15, 0.2) is 79.0 Å². The van der Waals surface area contributed by atoms with Crippen LogP contribution >= 0.6 is 0 Å². The summed E-state index contributed by atoms with van der Waals surface area (Å²) in [7, 11) is 0. The minimum Gasteiger partial charge on any atom is -0.361 e. The monoisotopic (exact) mass is 627 g/mol. The number of aromatic nitrogens is 1. The Morgan fingerprint density at radius 1 is 0.756 bits per heavy atom. The summed E-state index contributed by atoms with van der Waals surface area (Å²) in [4.78, 5) is 46.3. The Labute approximate surface area is 253 Å². The van der Waals surface area contributed by atoms with Crippen LogP contribution in [0.4, 0.5) is 26.3 Å². The summed E-state index contributed by atoms with van der Waals surface area (Å²) in [5, 5.41) is 3.86. The zero-order valence-corrected chi connectivity index (χ0v) is 23.6. The van der Waals surface area contributed by atoms with Crippen molar-refractivity contribution >= 4 is 28.4 Å². The summed E-state index contributed by atoms with van der Waals surface area (Å²) in [6.45, 7) is -0.304. The number of nitrogens with zero attached hydrogens (tertiary/aromatic N) is 1. The number of ketones is 2. The number of piperazine rings is 1. The molecule has 2 fully saturated rings. The molecule has 45 heavy (non-hydrogen) atoms. The Kier molecular flexibility index (Phi) is 7.80. The molecule has 1 aliphatic heterocycles. The maximum Gasteiger partial charge on any atom is 0.417 e. The van der Waals surface area contributed by atoms with Crippen LogP contribution < -0.4 is 5.32 Å². The molecular weight excluding hydrogens is 600 g/mol. The Bertz CT molecular complexity index is 1780. The van der Waals surface area contributed by atoms with Gasteiger partial charge >= 0.3 is 12.4 Å². The predicted molar refractivity (Wildman–Crippen MR) is 152 cm³/mol. The van der Waals surface area contributed by atoms with Crippen molar-refractivity contribution in [3.05, 3.63) is 107 Å². The molecule has 2 N–H and O–H groups in total. The average molecular weight is 628 g/mol. The number of nitrogens with one attached hydrogen (secondary N) is 2. The standard InChI is InChI=1S/C33H27F6N3O3/c34-32(35,36)23-10-4-1-8-21(23)29(43)27-17-41-26(15-19-16-40-25-12-6-3-7-20(19)25)28(42(27)31(45)18-13-14-18)30(44)22-9-2-5-11-24(22)33(37,38)39/h1-12,16,18,26-28,40-41H,13-15,17H2. The lowest BCUT2D eigenvalue weighted by atomic mass is 9.84. The number of rotatable bonds is 7. The fourth-order valence-electron chi connectivity index (χ4n) is 6.17. The van der Waals surface area contributed by atoms with E-state index < -0.39 is 76.1 Å². The molecule has 1 aliphatic carbocycles. The molecule has 0 bridgehead atoms. The molecule has 1 saturated heterocycles. The van der Waals surface area contributed by atoms with Gasteiger partial charge in [-0.25, -0.2) is 0 Å². The van der Waals surface area contributed by atoms with Crippen LogP contribution in [-0.2, 0) is 23.6 Å². The molecule has 0 radical (unpaired) electrons. The highest BCUT2D eigenvalue weighted by Gasteiger charge is 2.51. The van der Waals surface area contributed by atoms with Gasteiger partial charge in [0.25, 0.3) is 0 Å². The summed E-state index contributed by atoms with van der Waals surface area (Å²) in [5.74, 6) is -3.36. The Balaban J connectivity index is 1.48. The van der Waals surface area contributed by atoms with E-state index in [0.29, 0.717) is 18.4 Å². The first-order chi connectivity index (χ1) is 21.4. The molecule has 6 rings (SSSR count). The lowest BCUT2D eigenvalue weighted by Crippen LogP contribution is -2.69. The van der Waals surface area contributed by atoms with Crippen LogP contribution in [0, 0.1) is 5.92 Å². The van der Waals surface area contributed by atoms with E-state index in [1.54, 1.807) is 12.3 Å². The Morgan fingerprint density at radius 3 is 1.91 bits per heavy atom. The molecule has 1 aromatic heterocycles. The third-order valence-corrected chi connectivity index (χ3v) is 8.45. The molecule has 2 heterocycles. The first-order valence-corrected chi connectivity index (χ1v) is 14.4. The maximum absolute atomic E-state index is 14.3. The summed E-state index contributed by atoms with van der Waals surface area (Å²) < 4.78 is 84.2. The van der Waals surface area contributed by atoms with Crippen molar-refractivity contribution in [3.8, 4) is 0 Å². The predicted octanol–water partition coefficient (Wildman–Crippen LogP) is 6.46. The van der Waals surface area contributed by atoms with Gasteiger partial charge in [0.1, 0.15) is 12.1 Å². The molecule has 0 spiro atoms. The van der Waals surface area contributed by atoms with E-state index in [-0.39, 0.29) is 13.0 Å². The van der Waals surface area contributed by atoms with Crippen LogP contribution in [0.25, 0.3) is 10.9 Å². The van der Waals surface area contributed by atoms with Crippen molar-refractivity contribution in [3.63, 3.8) is 0 Å². The summed E-state index contributed by atoms with van der Waals surface area (Å²) in [5.41, 5.74) is -2.33. The first kappa shape index (κ1) is 30.6. The molecule has 3 unspecified atom stereocenters. The number of alkyl halides is 6. The SMILES string of the molecule is O=C(c1ccccc1C(F)(F)F)C1CNC(Cc2c[nH]c3ccccc23)C(C(=O)c2ccccc2C(F)(F)F)N1C(=O)C1CC1. The van der Waals surface area contributed by atoms with Crippen molar-refractivity contribution < 1.29 is 40.7 Å².